The molecule has 0 atom stereocenters. The average molecular weight is 206 g/mol. The Morgan fingerprint density at radius 2 is 1.20 bits per heavy atom. The highest BCUT2D eigenvalue weighted by Crippen LogP contribution is 2.26. The van der Waals surface area contributed by atoms with Crippen molar-refractivity contribution in [2.24, 2.45) is 0 Å². The zero-order valence-corrected chi connectivity index (χ0v) is 10.1. The Balaban J connectivity index is 3.45. The maximum atomic E-state index is 10.8. The van der Waals surface area contributed by atoms with Gasteiger partial charge in [0.05, 0.1) is 6.42 Å². The predicted molar refractivity (Wildman–Crippen MR) is 61.5 cm³/mol. The van der Waals surface area contributed by atoms with Gasteiger partial charge in [-0.25, -0.2) is 0 Å². The van der Waals surface area contributed by atoms with Gasteiger partial charge in [-0.1, -0.05) is 0 Å². The van der Waals surface area contributed by atoms with E-state index in [4.69, 9.17) is 5.11 Å². The van der Waals surface area contributed by atoms with Gasteiger partial charge < -0.3 is 5.11 Å². The van der Waals surface area contributed by atoms with Crippen molar-refractivity contribution in [3.05, 3.63) is 33.4 Å². The molecule has 0 saturated heterocycles. The third kappa shape index (κ3) is 2.04. The Kier molecular flexibility index (Phi) is 3.18. The molecule has 15 heavy (non-hydrogen) atoms. The fraction of sp³-hybridized carbons (Fsp3) is 0.462. The highest BCUT2D eigenvalue weighted by molar-refractivity contribution is 5.72. The molecule has 1 aromatic carbocycles. The molecular weight excluding hydrogens is 188 g/mol. The molecule has 0 bridgehead atoms. The molecule has 0 aromatic heterocycles. The van der Waals surface area contributed by atoms with Crippen LogP contribution >= 0.6 is 0 Å². The quantitative estimate of drug-likeness (QED) is 0.807. The maximum absolute atomic E-state index is 10.8. The van der Waals surface area contributed by atoms with Crippen molar-refractivity contribution >= 4 is 5.97 Å². The van der Waals surface area contributed by atoms with Crippen LogP contribution in [0.25, 0.3) is 0 Å². The zero-order chi connectivity index (χ0) is 11.7. The minimum atomic E-state index is -0.760. The van der Waals surface area contributed by atoms with Gasteiger partial charge >= 0.3 is 5.97 Å². The Hall–Kier alpha value is -1.31. The van der Waals surface area contributed by atoms with E-state index in [0.29, 0.717) is 0 Å². The lowest BCUT2D eigenvalue weighted by Gasteiger charge is -2.17. The molecule has 0 aliphatic carbocycles. The molecule has 0 spiro atoms. The molecule has 0 saturated carbocycles. The molecule has 0 unspecified atom stereocenters. The van der Waals surface area contributed by atoms with E-state index < -0.39 is 5.97 Å². The van der Waals surface area contributed by atoms with Gasteiger partial charge in [-0.15, -0.1) is 0 Å². The van der Waals surface area contributed by atoms with Gasteiger partial charge in [0.25, 0.3) is 0 Å². The Labute approximate surface area is 90.9 Å². The first-order chi connectivity index (χ1) is 6.86. The maximum Gasteiger partial charge on any atom is 0.307 e. The van der Waals surface area contributed by atoms with Crippen molar-refractivity contribution in [2.45, 2.75) is 41.0 Å². The number of carboxylic acids is 1. The molecule has 0 aliphatic rings. The first kappa shape index (κ1) is 11.8. The summed E-state index contributed by atoms with van der Waals surface area (Å²) in [4.78, 5) is 10.8. The first-order valence-electron chi connectivity index (χ1n) is 5.13. The number of carbonyl (C=O) groups is 1. The summed E-state index contributed by atoms with van der Waals surface area (Å²) in [6.07, 6.45) is 0.125. The SMILES string of the molecule is Cc1c(C)c(C)c(CC(=O)O)c(C)c1C. The number of aliphatic carboxylic acids is 1. The molecule has 1 rings (SSSR count). The summed E-state index contributed by atoms with van der Waals surface area (Å²) in [5, 5.41) is 8.87. The molecule has 0 heterocycles. The molecule has 0 fully saturated rings. The molecule has 82 valence electrons. The van der Waals surface area contributed by atoms with Crippen molar-refractivity contribution in [3.63, 3.8) is 0 Å². The van der Waals surface area contributed by atoms with Crippen molar-refractivity contribution < 1.29 is 9.90 Å². The van der Waals surface area contributed by atoms with Gasteiger partial charge in [0.15, 0.2) is 0 Å². The Morgan fingerprint density at radius 1 is 0.867 bits per heavy atom. The highest BCUT2D eigenvalue weighted by atomic mass is 16.4. The van der Waals surface area contributed by atoms with Crippen LogP contribution in [0.5, 0.6) is 0 Å². The van der Waals surface area contributed by atoms with Crippen molar-refractivity contribution in [2.75, 3.05) is 0 Å². The van der Waals surface area contributed by atoms with Gasteiger partial charge in [0.1, 0.15) is 0 Å². The van der Waals surface area contributed by atoms with Crippen LogP contribution < -0.4 is 0 Å². The van der Waals surface area contributed by atoms with E-state index in [0.717, 1.165) is 16.7 Å². The largest absolute Gasteiger partial charge is 0.481 e. The molecule has 1 aromatic rings. The Morgan fingerprint density at radius 3 is 1.53 bits per heavy atom. The number of rotatable bonds is 2. The lowest BCUT2D eigenvalue weighted by Crippen LogP contribution is -2.08. The topological polar surface area (TPSA) is 37.3 Å². The second kappa shape index (κ2) is 4.05. The monoisotopic (exact) mass is 206 g/mol. The summed E-state index contributed by atoms with van der Waals surface area (Å²) in [6, 6.07) is 0. The zero-order valence-electron chi connectivity index (χ0n) is 10.1. The van der Waals surface area contributed by atoms with Crippen LogP contribution in [0.2, 0.25) is 0 Å². The third-order valence-electron chi connectivity index (χ3n) is 3.48. The summed E-state index contributed by atoms with van der Waals surface area (Å²) in [5.74, 6) is -0.760. The summed E-state index contributed by atoms with van der Waals surface area (Å²) < 4.78 is 0. The predicted octanol–water partition coefficient (Wildman–Crippen LogP) is 2.86. The van der Waals surface area contributed by atoms with E-state index in [1.807, 2.05) is 13.8 Å². The minimum absolute atomic E-state index is 0.125. The second-order valence-electron chi connectivity index (χ2n) is 4.17. The highest BCUT2D eigenvalue weighted by Gasteiger charge is 2.13. The van der Waals surface area contributed by atoms with Crippen LogP contribution in [0, 0.1) is 34.6 Å². The van der Waals surface area contributed by atoms with Crippen molar-refractivity contribution in [1.29, 1.82) is 0 Å². The lowest BCUT2D eigenvalue weighted by atomic mass is 9.88. The fourth-order valence-corrected chi connectivity index (χ4v) is 1.99. The smallest absolute Gasteiger partial charge is 0.307 e. The van der Waals surface area contributed by atoms with E-state index in [1.165, 1.54) is 16.7 Å². The average Bonchev–Trinajstić information content (AvgIpc) is 2.18. The van der Waals surface area contributed by atoms with Gasteiger partial charge in [0, 0.05) is 0 Å². The molecule has 1 N–H and O–H groups in total. The standard InChI is InChI=1S/C13H18O2/c1-7-8(2)10(4)12(6-13(14)15)11(5)9(7)3/h6H2,1-5H3,(H,14,15). The normalized spacial score (nSPS) is 10.5. The third-order valence-corrected chi connectivity index (χ3v) is 3.48. The number of benzene rings is 1. The summed E-state index contributed by atoms with van der Waals surface area (Å²) >= 11 is 0. The molecular formula is C13H18O2. The second-order valence-corrected chi connectivity index (χ2v) is 4.17. The number of hydrogen-bond acceptors (Lipinski definition) is 1. The van der Waals surface area contributed by atoms with Crippen LogP contribution in [0.1, 0.15) is 33.4 Å². The fourth-order valence-electron chi connectivity index (χ4n) is 1.99. The van der Waals surface area contributed by atoms with E-state index in [9.17, 15) is 4.79 Å². The van der Waals surface area contributed by atoms with Crippen LogP contribution in [-0.4, -0.2) is 11.1 Å². The molecule has 2 nitrogen and oxygen atoms in total. The Bertz CT molecular complexity index is 388. The minimum Gasteiger partial charge on any atom is -0.481 e. The van der Waals surface area contributed by atoms with Crippen LogP contribution in [0.15, 0.2) is 0 Å². The van der Waals surface area contributed by atoms with E-state index in [2.05, 4.69) is 20.8 Å². The first-order valence-corrected chi connectivity index (χ1v) is 5.13. The van der Waals surface area contributed by atoms with E-state index in [-0.39, 0.29) is 6.42 Å². The molecule has 0 radical (unpaired) electrons. The van der Waals surface area contributed by atoms with Crippen LogP contribution in [0.4, 0.5) is 0 Å². The molecule has 2 heteroatoms. The summed E-state index contributed by atoms with van der Waals surface area (Å²) in [7, 11) is 0. The van der Waals surface area contributed by atoms with Crippen LogP contribution in [0.3, 0.4) is 0 Å². The summed E-state index contributed by atoms with van der Waals surface area (Å²) in [5.41, 5.74) is 6.93. The van der Waals surface area contributed by atoms with Gasteiger partial charge in [0.2, 0.25) is 0 Å². The molecule has 0 aliphatic heterocycles. The van der Waals surface area contributed by atoms with E-state index >= 15 is 0 Å². The van der Waals surface area contributed by atoms with Crippen LogP contribution in [-0.2, 0) is 11.2 Å². The number of hydrogen-bond donors (Lipinski definition) is 1. The number of carboxylic acid groups (broad SMARTS) is 1. The van der Waals surface area contributed by atoms with Gasteiger partial charge in [-0.3, -0.25) is 4.79 Å². The van der Waals surface area contributed by atoms with Gasteiger partial charge in [-0.2, -0.15) is 0 Å². The molecule has 0 amide bonds. The lowest BCUT2D eigenvalue weighted by molar-refractivity contribution is -0.136. The van der Waals surface area contributed by atoms with Crippen molar-refractivity contribution in [3.8, 4) is 0 Å². The van der Waals surface area contributed by atoms with E-state index in [1.54, 1.807) is 0 Å². The summed E-state index contributed by atoms with van der Waals surface area (Å²) in [6.45, 7) is 10.2. The van der Waals surface area contributed by atoms with Gasteiger partial charge in [-0.05, 0) is 68.0 Å². The van der Waals surface area contributed by atoms with Crippen molar-refractivity contribution in [1.82, 2.24) is 0 Å².